The van der Waals surface area contributed by atoms with Crippen LogP contribution in [-0.4, -0.2) is 39.1 Å². The summed E-state index contributed by atoms with van der Waals surface area (Å²) in [7, 11) is 0. The molecule has 0 amide bonds. The number of thioether (sulfide) groups is 1. The van der Waals surface area contributed by atoms with Crippen molar-refractivity contribution in [2.24, 2.45) is 0 Å². The van der Waals surface area contributed by atoms with E-state index in [1.165, 1.54) is 10.4 Å². The molecule has 0 aliphatic carbocycles. The lowest BCUT2D eigenvalue weighted by molar-refractivity contribution is -0.0542. The molecule has 3 rings (SSSR count). The molecule has 25 heavy (non-hydrogen) atoms. The topological polar surface area (TPSA) is 67.3 Å². The van der Waals surface area contributed by atoms with Gasteiger partial charge in [0, 0.05) is 17.8 Å². The van der Waals surface area contributed by atoms with Gasteiger partial charge in [0.05, 0.1) is 23.7 Å². The summed E-state index contributed by atoms with van der Waals surface area (Å²) in [5.41, 5.74) is 1.19. The maximum Gasteiger partial charge on any atom is 0.190 e. The average Bonchev–Trinajstić information content (AvgIpc) is 2.97. The predicted octanol–water partition coefficient (Wildman–Crippen LogP) is 4.23. The number of thiophene rings is 1. The van der Waals surface area contributed by atoms with E-state index in [0.717, 1.165) is 46.2 Å². The van der Waals surface area contributed by atoms with E-state index in [9.17, 15) is 5.11 Å². The normalized spacial score (nSPS) is 21.3. The first-order chi connectivity index (χ1) is 12.0. The molecule has 0 unspecified atom stereocenters. The maximum atomic E-state index is 9.95. The highest BCUT2D eigenvalue weighted by molar-refractivity contribution is 7.99. The summed E-state index contributed by atoms with van der Waals surface area (Å²) in [5, 5.41) is 15.2. The van der Waals surface area contributed by atoms with Crippen LogP contribution in [-0.2, 0) is 17.8 Å². The van der Waals surface area contributed by atoms with Crippen LogP contribution in [0.3, 0.4) is 0 Å². The smallest absolute Gasteiger partial charge is 0.190 e. The van der Waals surface area contributed by atoms with Crippen molar-refractivity contribution in [3.63, 3.8) is 0 Å². The highest BCUT2D eigenvalue weighted by Gasteiger charge is 2.33. The molecule has 0 radical (unpaired) electrons. The molecule has 0 fully saturated rings. The minimum Gasteiger partial charge on any atom is -0.391 e. The fourth-order valence-electron chi connectivity index (χ4n) is 2.96. The van der Waals surface area contributed by atoms with Crippen molar-refractivity contribution in [2.45, 2.75) is 70.4 Å². The third-order valence-corrected chi connectivity index (χ3v) is 6.64. The van der Waals surface area contributed by atoms with Crippen molar-refractivity contribution < 1.29 is 9.84 Å². The molecular formula is C18H27N3O2S2. The van der Waals surface area contributed by atoms with E-state index in [1.807, 2.05) is 6.92 Å². The van der Waals surface area contributed by atoms with Gasteiger partial charge >= 0.3 is 0 Å². The fraction of sp³-hybridized carbons (Fsp3) is 0.667. The molecule has 0 saturated carbocycles. The summed E-state index contributed by atoms with van der Waals surface area (Å²) in [5.74, 6) is 1.79. The molecule has 2 atom stereocenters. The van der Waals surface area contributed by atoms with E-state index in [4.69, 9.17) is 14.7 Å². The Morgan fingerprint density at radius 2 is 2.16 bits per heavy atom. The molecule has 2 N–H and O–H groups in total. The SMILES string of the molecule is CCSc1nc(NC[C@H](O)CC)c2c3c(sc2n1)CO[C@@](C)(CC)C3. The number of aromatic nitrogens is 2. The Labute approximate surface area is 157 Å². The van der Waals surface area contributed by atoms with Gasteiger partial charge < -0.3 is 15.2 Å². The second-order valence-electron chi connectivity index (χ2n) is 6.68. The first-order valence-electron chi connectivity index (χ1n) is 9.00. The van der Waals surface area contributed by atoms with Gasteiger partial charge in [-0.05, 0) is 31.1 Å². The Balaban J connectivity index is 2.05. The lowest BCUT2D eigenvalue weighted by Crippen LogP contribution is -2.34. The van der Waals surface area contributed by atoms with E-state index in [1.54, 1.807) is 23.1 Å². The molecule has 0 bridgehead atoms. The lowest BCUT2D eigenvalue weighted by atomic mass is 9.90. The quantitative estimate of drug-likeness (QED) is 0.553. The molecular weight excluding hydrogens is 354 g/mol. The zero-order chi connectivity index (χ0) is 18.0. The van der Waals surface area contributed by atoms with Gasteiger partial charge in [0.1, 0.15) is 10.6 Å². The van der Waals surface area contributed by atoms with Crippen LogP contribution in [0.25, 0.3) is 10.2 Å². The summed E-state index contributed by atoms with van der Waals surface area (Å²) >= 11 is 3.36. The molecule has 0 saturated heterocycles. The third kappa shape index (κ3) is 3.94. The number of hydrogen-bond acceptors (Lipinski definition) is 7. The standard InChI is InChI=1S/C18H27N3O2S2/c1-5-11(22)9-19-15-14-12-8-18(4,6-2)23-10-13(12)25-16(14)21-17(20-15)24-7-3/h11,22H,5-10H2,1-4H3,(H,19,20,21)/t11-,18+/m1/s1. The van der Waals surface area contributed by atoms with Gasteiger partial charge in [0.15, 0.2) is 5.16 Å². The van der Waals surface area contributed by atoms with E-state index < -0.39 is 0 Å². The highest BCUT2D eigenvalue weighted by atomic mass is 32.2. The van der Waals surface area contributed by atoms with Crippen LogP contribution in [0, 0.1) is 0 Å². The predicted molar refractivity (Wildman–Crippen MR) is 106 cm³/mol. The molecule has 1 aliphatic heterocycles. The van der Waals surface area contributed by atoms with Crippen LogP contribution in [0.4, 0.5) is 5.82 Å². The molecule has 2 aromatic heterocycles. The van der Waals surface area contributed by atoms with E-state index >= 15 is 0 Å². The molecule has 5 nitrogen and oxygen atoms in total. The zero-order valence-corrected chi connectivity index (χ0v) is 17.0. The van der Waals surface area contributed by atoms with E-state index in [-0.39, 0.29) is 11.7 Å². The number of nitrogens with one attached hydrogen (secondary N) is 1. The third-order valence-electron chi connectivity index (χ3n) is 4.81. The van der Waals surface area contributed by atoms with Crippen LogP contribution in [0.15, 0.2) is 5.16 Å². The summed E-state index contributed by atoms with van der Waals surface area (Å²) < 4.78 is 6.10. The molecule has 1 aliphatic rings. The number of rotatable bonds is 7. The van der Waals surface area contributed by atoms with Gasteiger partial charge in [-0.1, -0.05) is 32.5 Å². The van der Waals surface area contributed by atoms with Crippen molar-refractivity contribution in [1.29, 1.82) is 0 Å². The van der Waals surface area contributed by atoms with Gasteiger partial charge in [-0.2, -0.15) is 0 Å². The summed E-state index contributed by atoms with van der Waals surface area (Å²) in [4.78, 5) is 11.8. The molecule has 3 heterocycles. The number of nitrogens with zero attached hydrogens (tertiary/aromatic N) is 2. The molecule has 0 spiro atoms. The zero-order valence-electron chi connectivity index (χ0n) is 15.4. The van der Waals surface area contributed by atoms with Crippen LogP contribution in [0.1, 0.15) is 51.0 Å². The summed E-state index contributed by atoms with van der Waals surface area (Å²) in [6.45, 7) is 9.58. The molecule has 7 heteroatoms. The van der Waals surface area contributed by atoms with Crippen molar-refractivity contribution >= 4 is 39.1 Å². The molecule has 138 valence electrons. The first-order valence-corrected chi connectivity index (χ1v) is 10.8. The van der Waals surface area contributed by atoms with Crippen molar-refractivity contribution in [2.75, 3.05) is 17.6 Å². The monoisotopic (exact) mass is 381 g/mol. The van der Waals surface area contributed by atoms with Crippen molar-refractivity contribution in [1.82, 2.24) is 9.97 Å². The Morgan fingerprint density at radius 1 is 1.36 bits per heavy atom. The minimum absolute atomic E-state index is 0.127. The van der Waals surface area contributed by atoms with Crippen LogP contribution < -0.4 is 5.32 Å². The number of fused-ring (bicyclic) bond motifs is 3. The van der Waals surface area contributed by atoms with Gasteiger partial charge in [-0.25, -0.2) is 9.97 Å². The number of anilines is 1. The highest BCUT2D eigenvalue weighted by Crippen LogP contribution is 2.42. The fourth-order valence-corrected chi connectivity index (χ4v) is 4.69. The number of hydrogen-bond donors (Lipinski definition) is 2. The van der Waals surface area contributed by atoms with E-state index in [0.29, 0.717) is 13.2 Å². The van der Waals surface area contributed by atoms with Gasteiger partial charge in [0.25, 0.3) is 0 Å². The lowest BCUT2D eigenvalue weighted by Gasteiger charge is -2.33. The second-order valence-corrected chi connectivity index (χ2v) is 9.00. The largest absolute Gasteiger partial charge is 0.391 e. The van der Waals surface area contributed by atoms with Gasteiger partial charge in [-0.15, -0.1) is 11.3 Å². The van der Waals surface area contributed by atoms with Crippen molar-refractivity contribution in [3.05, 3.63) is 10.4 Å². The van der Waals surface area contributed by atoms with Gasteiger partial charge in [-0.3, -0.25) is 0 Å². The molecule has 2 aromatic rings. The number of aliphatic hydroxyl groups excluding tert-OH is 1. The second kappa shape index (κ2) is 7.78. The summed E-state index contributed by atoms with van der Waals surface area (Å²) in [6, 6.07) is 0. The van der Waals surface area contributed by atoms with Crippen LogP contribution in [0.5, 0.6) is 0 Å². The van der Waals surface area contributed by atoms with Gasteiger partial charge in [0.2, 0.25) is 0 Å². The average molecular weight is 382 g/mol. The van der Waals surface area contributed by atoms with E-state index in [2.05, 4.69) is 26.1 Å². The maximum absolute atomic E-state index is 9.95. The number of ether oxygens (including phenoxy) is 1. The first kappa shape index (κ1) is 18.9. The van der Waals surface area contributed by atoms with Crippen molar-refractivity contribution in [3.8, 4) is 0 Å². The number of aliphatic hydroxyl groups is 1. The molecule has 0 aromatic carbocycles. The summed E-state index contributed by atoms with van der Waals surface area (Å²) in [6.07, 6.45) is 2.21. The Kier molecular flexibility index (Phi) is 5.88. The minimum atomic E-state index is -0.369. The van der Waals surface area contributed by atoms with Crippen LogP contribution in [0.2, 0.25) is 0 Å². The Morgan fingerprint density at radius 3 is 2.84 bits per heavy atom. The Hall–Kier alpha value is -0.890. The Bertz CT molecular complexity index is 749. The van der Waals surface area contributed by atoms with Crippen LogP contribution >= 0.6 is 23.1 Å².